The van der Waals surface area contributed by atoms with Crippen LogP contribution in [0.2, 0.25) is 0 Å². The number of fused-ring (bicyclic) bond motifs is 1. The number of hydrogen-bond acceptors (Lipinski definition) is 5. The van der Waals surface area contributed by atoms with Gasteiger partial charge in [-0.3, -0.25) is 0 Å². The molecule has 2 saturated heterocycles. The van der Waals surface area contributed by atoms with Crippen molar-refractivity contribution in [2.45, 2.75) is 103 Å². The Hall–Kier alpha value is -1.50. The predicted molar refractivity (Wildman–Crippen MR) is 119 cm³/mol. The lowest BCUT2D eigenvalue weighted by Crippen LogP contribution is -2.49. The number of piperidine rings is 1. The molecule has 5 atom stereocenters. The number of nitrogens with one attached hydrogen (secondary N) is 1. The molecule has 0 aromatic rings. The third-order valence-electron chi connectivity index (χ3n) is 7.24. The molecule has 7 heteroatoms. The number of carbonyl (C=O) groups excluding carboxylic acids is 2. The Bertz CT molecular complexity index is 686. The highest BCUT2D eigenvalue weighted by Gasteiger charge is 2.58. The van der Waals surface area contributed by atoms with Gasteiger partial charge in [-0.25, -0.2) is 9.59 Å². The van der Waals surface area contributed by atoms with E-state index in [9.17, 15) is 9.59 Å². The summed E-state index contributed by atoms with van der Waals surface area (Å²) in [5.74, 6) is 1.58. The van der Waals surface area contributed by atoms with Crippen molar-refractivity contribution in [1.82, 2.24) is 15.1 Å². The SMILES string of the molecule is CC(C)(C)OC(=O)N1CC2C(C1)C2NC1CCCC1C1CCCN1C(=O)OC(C)(C)C. The summed E-state index contributed by atoms with van der Waals surface area (Å²) in [4.78, 5) is 29.0. The molecule has 2 aliphatic heterocycles. The van der Waals surface area contributed by atoms with Crippen LogP contribution >= 0.6 is 0 Å². The number of nitrogens with zero attached hydrogens (tertiary/aromatic N) is 2. The topological polar surface area (TPSA) is 71.1 Å². The minimum Gasteiger partial charge on any atom is -0.444 e. The summed E-state index contributed by atoms with van der Waals surface area (Å²) >= 11 is 0. The number of rotatable bonds is 3. The van der Waals surface area contributed by atoms with Crippen LogP contribution in [0, 0.1) is 17.8 Å². The van der Waals surface area contributed by atoms with E-state index in [1.165, 1.54) is 19.3 Å². The van der Waals surface area contributed by atoms with Gasteiger partial charge in [0.1, 0.15) is 11.2 Å². The van der Waals surface area contributed by atoms with Gasteiger partial charge in [0.15, 0.2) is 0 Å². The molecule has 2 saturated carbocycles. The highest BCUT2D eigenvalue weighted by atomic mass is 16.6. The first-order valence-electron chi connectivity index (χ1n) is 12.2. The van der Waals surface area contributed by atoms with E-state index < -0.39 is 11.2 Å². The maximum absolute atomic E-state index is 12.8. The molecule has 31 heavy (non-hydrogen) atoms. The molecule has 2 heterocycles. The molecule has 2 amide bonds. The van der Waals surface area contributed by atoms with Gasteiger partial charge in [-0.15, -0.1) is 0 Å². The molecule has 1 N–H and O–H groups in total. The van der Waals surface area contributed by atoms with Gasteiger partial charge in [0.05, 0.1) is 0 Å². The number of likely N-dealkylation sites (tertiary alicyclic amines) is 2. The van der Waals surface area contributed by atoms with Crippen LogP contribution in [-0.4, -0.2) is 70.9 Å². The Morgan fingerprint density at radius 2 is 1.42 bits per heavy atom. The Morgan fingerprint density at radius 3 is 2.03 bits per heavy atom. The van der Waals surface area contributed by atoms with Crippen LogP contribution in [-0.2, 0) is 9.47 Å². The van der Waals surface area contributed by atoms with Crippen LogP contribution in [0.5, 0.6) is 0 Å². The van der Waals surface area contributed by atoms with Gasteiger partial charge in [0.2, 0.25) is 0 Å². The first-order chi connectivity index (χ1) is 14.4. The summed E-state index contributed by atoms with van der Waals surface area (Å²) < 4.78 is 11.2. The molecule has 0 aromatic heterocycles. The zero-order valence-electron chi connectivity index (χ0n) is 20.1. The van der Waals surface area contributed by atoms with Gasteiger partial charge in [0.25, 0.3) is 0 Å². The summed E-state index contributed by atoms with van der Waals surface area (Å²) in [5.41, 5.74) is -0.900. The van der Waals surface area contributed by atoms with Gasteiger partial charge < -0.3 is 24.6 Å². The molecule has 176 valence electrons. The van der Waals surface area contributed by atoms with E-state index in [0.717, 1.165) is 32.5 Å². The Labute approximate surface area is 187 Å². The Morgan fingerprint density at radius 1 is 0.806 bits per heavy atom. The van der Waals surface area contributed by atoms with Crippen molar-refractivity contribution < 1.29 is 19.1 Å². The van der Waals surface area contributed by atoms with E-state index >= 15 is 0 Å². The van der Waals surface area contributed by atoms with Gasteiger partial charge in [0, 0.05) is 37.8 Å². The standard InChI is InChI=1S/C24H41N3O4/c1-23(2,3)30-21(28)26-13-16-17(14-26)20(16)25-18-10-7-9-15(18)19-11-8-12-27(19)22(29)31-24(4,5)6/h15-20,25H,7-14H2,1-6H3. The second-order valence-corrected chi connectivity index (χ2v) is 12.0. The summed E-state index contributed by atoms with van der Waals surface area (Å²) in [6.45, 7) is 13.9. The van der Waals surface area contributed by atoms with Crippen molar-refractivity contribution >= 4 is 12.2 Å². The Balaban J connectivity index is 1.30. The third-order valence-corrected chi connectivity index (χ3v) is 7.24. The lowest BCUT2D eigenvalue weighted by Gasteiger charge is -2.35. The van der Waals surface area contributed by atoms with Gasteiger partial charge in [-0.1, -0.05) is 6.42 Å². The molecule has 4 aliphatic rings. The summed E-state index contributed by atoms with van der Waals surface area (Å²) in [6.07, 6.45) is 5.36. The molecule has 5 unspecified atom stereocenters. The molecule has 4 rings (SSSR count). The van der Waals surface area contributed by atoms with E-state index in [2.05, 4.69) is 5.32 Å². The summed E-state index contributed by atoms with van der Waals surface area (Å²) in [6, 6.07) is 1.24. The minimum absolute atomic E-state index is 0.156. The maximum Gasteiger partial charge on any atom is 0.410 e. The first kappa shape index (κ1) is 22.7. The summed E-state index contributed by atoms with van der Waals surface area (Å²) in [5, 5.41) is 3.94. The van der Waals surface area contributed by atoms with E-state index in [-0.39, 0.29) is 18.2 Å². The monoisotopic (exact) mass is 435 g/mol. The second-order valence-electron chi connectivity index (χ2n) is 12.0. The molecular weight excluding hydrogens is 394 g/mol. The van der Waals surface area contributed by atoms with Gasteiger partial charge in [-0.05, 0) is 85.0 Å². The fourth-order valence-electron chi connectivity index (χ4n) is 5.94. The molecule has 7 nitrogen and oxygen atoms in total. The smallest absolute Gasteiger partial charge is 0.410 e. The maximum atomic E-state index is 12.8. The van der Waals surface area contributed by atoms with Crippen molar-refractivity contribution in [1.29, 1.82) is 0 Å². The van der Waals surface area contributed by atoms with Crippen LogP contribution in [0.4, 0.5) is 9.59 Å². The largest absolute Gasteiger partial charge is 0.444 e. The first-order valence-corrected chi connectivity index (χ1v) is 12.2. The minimum atomic E-state index is -0.455. The van der Waals surface area contributed by atoms with E-state index in [4.69, 9.17) is 9.47 Å². The molecule has 2 aliphatic carbocycles. The van der Waals surface area contributed by atoms with E-state index in [1.54, 1.807) is 0 Å². The van der Waals surface area contributed by atoms with Crippen molar-refractivity contribution in [3.05, 3.63) is 0 Å². The fourth-order valence-corrected chi connectivity index (χ4v) is 5.94. The highest BCUT2D eigenvalue weighted by molar-refractivity contribution is 5.69. The number of ether oxygens (including phenoxy) is 2. The van der Waals surface area contributed by atoms with Crippen LogP contribution in [0.3, 0.4) is 0 Å². The van der Waals surface area contributed by atoms with Crippen LogP contribution < -0.4 is 5.32 Å². The fraction of sp³-hybridized carbons (Fsp3) is 0.917. The lowest BCUT2D eigenvalue weighted by atomic mass is 9.92. The average Bonchev–Trinajstić information content (AvgIpc) is 3.13. The number of amides is 2. The molecule has 0 radical (unpaired) electrons. The zero-order chi connectivity index (χ0) is 22.6. The molecule has 0 bridgehead atoms. The van der Waals surface area contributed by atoms with Crippen molar-refractivity contribution in [2.75, 3.05) is 19.6 Å². The van der Waals surface area contributed by atoms with Gasteiger partial charge in [-0.2, -0.15) is 0 Å². The van der Waals surface area contributed by atoms with Gasteiger partial charge >= 0.3 is 12.2 Å². The number of carbonyl (C=O) groups is 2. The average molecular weight is 436 g/mol. The molecular formula is C24H41N3O4. The van der Waals surface area contributed by atoms with Crippen LogP contribution in [0.25, 0.3) is 0 Å². The normalized spacial score (nSPS) is 35.3. The third kappa shape index (κ3) is 5.12. The van der Waals surface area contributed by atoms with Crippen molar-refractivity contribution in [3.8, 4) is 0 Å². The molecule has 4 fully saturated rings. The van der Waals surface area contributed by atoms with E-state index in [1.807, 2.05) is 51.3 Å². The second kappa shape index (κ2) is 8.13. The Kier molecular flexibility index (Phi) is 5.95. The van der Waals surface area contributed by atoms with Crippen molar-refractivity contribution in [2.24, 2.45) is 17.8 Å². The van der Waals surface area contributed by atoms with Crippen molar-refractivity contribution in [3.63, 3.8) is 0 Å². The quantitative estimate of drug-likeness (QED) is 0.725. The van der Waals surface area contributed by atoms with E-state index in [0.29, 0.717) is 29.8 Å². The zero-order valence-corrected chi connectivity index (χ0v) is 20.1. The predicted octanol–water partition coefficient (Wildman–Crippen LogP) is 4.01. The molecule has 0 spiro atoms. The lowest BCUT2D eigenvalue weighted by molar-refractivity contribution is 0.0166. The van der Waals surface area contributed by atoms with Crippen LogP contribution in [0.15, 0.2) is 0 Å². The van der Waals surface area contributed by atoms with Crippen LogP contribution in [0.1, 0.15) is 73.6 Å². The highest BCUT2D eigenvalue weighted by Crippen LogP contribution is 2.47. The number of hydrogen-bond donors (Lipinski definition) is 1. The summed E-state index contributed by atoms with van der Waals surface area (Å²) in [7, 11) is 0. The molecule has 0 aromatic carbocycles.